The maximum Gasteiger partial charge on any atom is 0.387 e. The van der Waals surface area contributed by atoms with E-state index in [2.05, 4.69) is 32.1 Å². The molecule has 0 atom stereocenters. The Morgan fingerprint density at radius 1 is 1.22 bits per heavy atom. The third-order valence-electron chi connectivity index (χ3n) is 3.03. The third-order valence-corrected chi connectivity index (χ3v) is 3.52. The summed E-state index contributed by atoms with van der Waals surface area (Å²) in [7, 11) is 1.38. The first kappa shape index (κ1) is 17.0. The van der Waals surface area contributed by atoms with E-state index in [0.29, 0.717) is 23.4 Å². The molecule has 0 fully saturated rings. The zero-order chi connectivity index (χ0) is 16.8. The summed E-state index contributed by atoms with van der Waals surface area (Å²) in [6.07, 6.45) is 0. The van der Waals surface area contributed by atoms with Crippen molar-refractivity contribution in [1.29, 1.82) is 5.26 Å². The van der Waals surface area contributed by atoms with Crippen molar-refractivity contribution >= 4 is 21.6 Å². The number of hydrogen-bond acceptors (Lipinski definition) is 4. The maximum absolute atomic E-state index is 12.4. The molecule has 0 heterocycles. The second-order valence-corrected chi connectivity index (χ2v) is 5.43. The fourth-order valence-corrected chi connectivity index (χ4v) is 2.34. The molecule has 0 aliphatic rings. The zero-order valence-electron chi connectivity index (χ0n) is 12.1. The summed E-state index contributed by atoms with van der Waals surface area (Å²) in [6.45, 7) is -2.58. The number of halogens is 3. The molecule has 0 spiro atoms. The van der Waals surface area contributed by atoms with Crippen LogP contribution < -0.4 is 14.8 Å². The van der Waals surface area contributed by atoms with Crippen LogP contribution in [-0.2, 0) is 6.54 Å². The molecule has 7 heteroatoms. The molecule has 0 aliphatic heterocycles. The summed E-state index contributed by atoms with van der Waals surface area (Å²) in [5.41, 5.74) is 1.85. The quantitative estimate of drug-likeness (QED) is 0.796. The van der Waals surface area contributed by atoms with Crippen LogP contribution in [0.1, 0.15) is 11.1 Å². The number of nitrogens with zero attached hydrogens (tertiary/aromatic N) is 1. The van der Waals surface area contributed by atoms with Gasteiger partial charge < -0.3 is 14.8 Å². The van der Waals surface area contributed by atoms with Crippen LogP contribution in [0.5, 0.6) is 11.5 Å². The second kappa shape index (κ2) is 7.79. The van der Waals surface area contributed by atoms with Gasteiger partial charge in [0, 0.05) is 11.0 Å². The van der Waals surface area contributed by atoms with Crippen molar-refractivity contribution in [2.45, 2.75) is 13.2 Å². The van der Waals surface area contributed by atoms with E-state index in [4.69, 9.17) is 10.00 Å². The van der Waals surface area contributed by atoms with E-state index in [1.807, 2.05) is 6.07 Å². The molecular formula is C16H13BrF2N2O2. The average molecular weight is 383 g/mol. The Labute approximate surface area is 140 Å². The van der Waals surface area contributed by atoms with Crippen molar-refractivity contribution in [3.05, 3.63) is 52.0 Å². The van der Waals surface area contributed by atoms with Gasteiger partial charge in [-0.15, -0.1) is 0 Å². The van der Waals surface area contributed by atoms with E-state index in [1.165, 1.54) is 13.2 Å². The molecule has 4 nitrogen and oxygen atoms in total. The van der Waals surface area contributed by atoms with Crippen LogP contribution in [0, 0.1) is 11.3 Å². The van der Waals surface area contributed by atoms with Crippen molar-refractivity contribution in [3.8, 4) is 17.6 Å². The smallest absolute Gasteiger partial charge is 0.387 e. The monoisotopic (exact) mass is 382 g/mol. The minimum absolute atomic E-state index is 0.0295. The van der Waals surface area contributed by atoms with Crippen molar-refractivity contribution in [2.24, 2.45) is 0 Å². The van der Waals surface area contributed by atoms with E-state index >= 15 is 0 Å². The number of anilines is 1. The Bertz CT molecular complexity index is 733. The SMILES string of the molecule is COc1ccc(CNc2ccc(Br)cc2C#N)cc1OC(F)F. The predicted molar refractivity (Wildman–Crippen MR) is 85.8 cm³/mol. The number of nitrogens with one attached hydrogen (secondary N) is 1. The standard InChI is InChI=1S/C16H13BrF2N2O2/c1-22-14-5-2-10(6-15(14)23-16(18)19)9-21-13-4-3-12(17)7-11(13)8-20/h2-7,16,21H,9H2,1H3. The van der Waals surface area contributed by atoms with Crippen molar-refractivity contribution < 1.29 is 18.3 Å². The first-order valence-electron chi connectivity index (χ1n) is 6.58. The lowest BCUT2D eigenvalue weighted by Crippen LogP contribution is -2.06. The summed E-state index contributed by atoms with van der Waals surface area (Å²) in [5, 5.41) is 12.2. The van der Waals surface area contributed by atoms with E-state index in [9.17, 15) is 8.78 Å². The van der Waals surface area contributed by atoms with Gasteiger partial charge in [0.1, 0.15) is 6.07 Å². The van der Waals surface area contributed by atoms with Crippen LogP contribution in [-0.4, -0.2) is 13.7 Å². The lowest BCUT2D eigenvalue weighted by Gasteiger charge is -2.13. The fourth-order valence-electron chi connectivity index (χ4n) is 1.98. The summed E-state index contributed by atoms with van der Waals surface area (Å²) < 4.78 is 35.1. The average Bonchev–Trinajstić information content (AvgIpc) is 2.53. The molecule has 2 rings (SSSR count). The molecular weight excluding hydrogens is 370 g/mol. The van der Waals surface area contributed by atoms with Gasteiger partial charge in [-0.05, 0) is 35.9 Å². The number of benzene rings is 2. The first-order chi connectivity index (χ1) is 11.0. The number of alkyl halides is 2. The third kappa shape index (κ3) is 4.57. The number of hydrogen-bond donors (Lipinski definition) is 1. The van der Waals surface area contributed by atoms with Gasteiger partial charge in [-0.25, -0.2) is 0 Å². The highest BCUT2D eigenvalue weighted by Gasteiger charge is 2.11. The highest BCUT2D eigenvalue weighted by Crippen LogP contribution is 2.30. The van der Waals surface area contributed by atoms with E-state index in [1.54, 1.807) is 24.3 Å². The molecule has 120 valence electrons. The van der Waals surface area contributed by atoms with Crippen molar-refractivity contribution in [1.82, 2.24) is 0 Å². The van der Waals surface area contributed by atoms with Crippen molar-refractivity contribution in [3.63, 3.8) is 0 Å². The molecule has 0 saturated heterocycles. The predicted octanol–water partition coefficient (Wildman–Crippen LogP) is 4.54. The Hall–Kier alpha value is -2.33. The van der Waals surface area contributed by atoms with Crippen LogP contribution in [0.4, 0.5) is 14.5 Å². The van der Waals surface area contributed by atoms with Gasteiger partial charge in [0.25, 0.3) is 0 Å². The van der Waals surface area contributed by atoms with Crippen LogP contribution in [0.2, 0.25) is 0 Å². The topological polar surface area (TPSA) is 54.3 Å². The van der Waals surface area contributed by atoms with Crippen LogP contribution >= 0.6 is 15.9 Å². The number of nitriles is 1. The van der Waals surface area contributed by atoms with Crippen LogP contribution in [0.15, 0.2) is 40.9 Å². The highest BCUT2D eigenvalue weighted by atomic mass is 79.9. The lowest BCUT2D eigenvalue weighted by molar-refractivity contribution is -0.0512. The van der Waals surface area contributed by atoms with Gasteiger partial charge in [-0.2, -0.15) is 14.0 Å². The van der Waals surface area contributed by atoms with E-state index < -0.39 is 6.61 Å². The van der Waals surface area contributed by atoms with E-state index in [-0.39, 0.29) is 11.5 Å². The number of methoxy groups -OCH3 is 1. The normalized spacial score (nSPS) is 10.3. The number of ether oxygens (including phenoxy) is 2. The molecule has 0 aliphatic carbocycles. The molecule has 2 aromatic carbocycles. The zero-order valence-corrected chi connectivity index (χ0v) is 13.7. The molecule has 0 unspecified atom stereocenters. The molecule has 0 amide bonds. The van der Waals surface area contributed by atoms with Gasteiger partial charge in [0.05, 0.1) is 18.4 Å². The molecule has 23 heavy (non-hydrogen) atoms. The lowest BCUT2D eigenvalue weighted by atomic mass is 10.1. The van der Waals surface area contributed by atoms with Gasteiger partial charge in [-0.3, -0.25) is 0 Å². The van der Waals surface area contributed by atoms with E-state index in [0.717, 1.165) is 4.47 Å². The Balaban J connectivity index is 2.16. The van der Waals surface area contributed by atoms with Crippen molar-refractivity contribution in [2.75, 3.05) is 12.4 Å². The first-order valence-corrected chi connectivity index (χ1v) is 7.38. The molecule has 2 aromatic rings. The van der Waals surface area contributed by atoms with Gasteiger partial charge >= 0.3 is 6.61 Å². The van der Waals surface area contributed by atoms with Gasteiger partial charge in [0.2, 0.25) is 0 Å². The minimum Gasteiger partial charge on any atom is -0.493 e. The van der Waals surface area contributed by atoms with Crippen LogP contribution in [0.3, 0.4) is 0 Å². The van der Waals surface area contributed by atoms with Gasteiger partial charge in [-0.1, -0.05) is 22.0 Å². The minimum atomic E-state index is -2.93. The summed E-state index contributed by atoms with van der Waals surface area (Å²) in [5.74, 6) is 0.202. The highest BCUT2D eigenvalue weighted by molar-refractivity contribution is 9.10. The molecule has 0 radical (unpaired) electrons. The Kier molecular flexibility index (Phi) is 5.77. The second-order valence-electron chi connectivity index (χ2n) is 4.52. The maximum atomic E-state index is 12.4. The molecule has 0 bridgehead atoms. The molecule has 0 aromatic heterocycles. The molecule has 1 N–H and O–H groups in total. The largest absolute Gasteiger partial charge is 0.493 e. The fraction of sp³-hybridized carbons (Fsp3) is 0.188. The summed E-state index contributed by atoms with van der Waals surface area (Å²) >= 11 is 3.30. The molecule has 0 saturated carbocycles. The Morgan fingerprint density at radius 3 is 2.65 bits per heavy atom. The summed E-state index contributed by atoms with van der Waals surface area (Å²) in [4.78, 5) is 0. The van der Waals surface area contributed by atoms with Gasteiger partial charge in [0.15, 0.2) is 11.5 Å². The Morgan fingerprint density at radius 2 is 2.00 bits per heavy atom. The summed E-state index contributed by atoms with van der Waals surface area (Å²) in [6, 6.07) is 12.1. The van der Waals surface area contributed by atoms with Crippen LogP contribution in [0.25, 0.3) is 0 Å². The number of rotatable bonds is 6.